The largest absolute Gasteiger partial charge is 0.390 e. The van der Waals surface area contributed by atoms with Crippen LogP contribution in [0.4, 0.5) is 0 Å². The molecular weight excluding hydrogens is 440 g/mol. The molecular formula is C28H44N4O3. The van der Waals surface area contributed by atoms with E-state index in [4.69, 9.17) is 0 Å². The number of rotatable bonds is 7. The topological polar surface area (TPSA) is 94.6 Å². The van der Waals surface area contributed by atoms with E-state index in [0.29, 0.717) is 31.0 Å². The number of pyridine rings is 1. The number of piperidine rings is 1. The molecule has 0 unspecified atom stereocenters. The molecule has 0 radical (unpaired) electrons. The summed E-state index contributed by atoms with van der Waals surface area (Å²) in [5.41, 5.74) is 0.447. The summed E-state index contributed by atoms with van der Waals surface area (Å²) >= 11 is 0. The van der Waals surface area contributed by atoms with Crippen LogP contribution in [0.5, 0.6) is 0 Å². The van der Waals surface area contributed by atoms with Gasteiger partial charge < -0.3 is 20.6 Å². The molecule has 0 spiro atoms. The number of hydrogen-bond acceptors (Lipinski definition) is 5. The minimum atomic E-state index is -0.643. The van der Waals surface area contributed by atoms with Crippen molar-refractivity contribution in [1.29, 1.82) is 0 Å². The predicted octanol–water partition coefficient (Wildman–Crippen LogP) is 3.41. The van der Waals surface area contributed by atoms with E-state index in [1.807, 2.05) is 24.0 Å². The molecule has 2 aliphatic carbocycles. The molecule has 0 bridgehead atoms. The monoisotopic (exact) mass is 484 g/mol. The van der Waals surface area contributed by atoms with Gasteiger partial charge in [0.05, 0.1) is 5.60 Å². The second kappa shape index (κ2) is 10.2. The minimum Gasteiger partial charge on any atom is -0.390 e. The molecule has 1 saturated heterocycles. The Hall–Kier alpha value is -1.99. The van der Waals surface area contributed by atoms with Crippen LogP contribution >= 0.6 is 0 Å². The summed E-state index contributed by atoms with van der Waals surface area (Å²) in [6.07, 6.45) is 10.4. The summed E-state index contributed by atoms with van der Waals surface area (Å²) < 4.78 is 0. The first kappa shape index (κ1) is 26.1. The molecule has 1 aromatic heterocycles. The summed E-state index contributed by atoms with van der Waals surface area (Å²) in [7, 11) is 0. The zero-order valence-electron chi connectivity index (χ0n) is 22.0. The Kier molecular flexibility index (Phi) is 7.58. The van der Waals surface area contributed by atoms with Gasteiger partial charge in [0, 0.05) is 57.5 Å². The van der Waals surface area contributed by atoms with Crippen molar-refractivity contribution in [3.05, 3.63) is 30.1 Å². The van der Waals surface area contributed by atoms with Gasteiger partial charge in [-0.05, 0) is 80.2 Å². The Bertz CT molecular complexity index is 895. The number of carbonyl (C=O) groups is 2. The van der Waals surface area contributed by atoms with E-state index in [-0.39, 0.29) is 22.6 Å². The Morgan fingerprint density at radius 1 is 1.17 bits per heavy atom. The van der Waals surface area contributed by atoms with Crippen molar-refractivity contribution in [1.82, 2.24) is 20.5 Å². The SMILES string of the molecule is CC(=O)N1CCC(N[C@H]2CC(C)(C)[C@@H]3C[C@@](C)(O)CC[C@]23CCC(=O)NCc2cccnc2)CC1. The Morgan fingerprint density at radius 3 is 2.57 bits per heavy atom. The van der Waals surface area contributed by atoms with E-state index in [1.165, 1.54) is 0 Å². The molecule has 7 heteroatoms. The summed E-state index contributed by atoms with van der Waals surface area (Å²) in [6, 6.07) is 4.57. The Morgan fingerprint density at radius 2 is 1.91 bits per heavy atom. The third-order valence-corrected chi connectivity index (χ3v) is 9.24. The van der Waals surface area contributed by atoms with Crippen molar-refractivity contribution >= 4 is 11.8 Å². The van der Waals surface area contributed by atoms with Gasteiger partial charge in [0.2, 0.25) is 11.8 Å². The third kappa shape index (κ3) is 5.88. The van der Waals surface area contributed by atoms with Gasteiger partial charge in [-0.3, -0.25) is 14.6 Å². The predicted molar refractivity (Wildman–Crippen MR) is 136 cm³/mol. The van der Waals surface area contributed by atoms with Crippen LogP contribution in [-0.2, 0) is 16.1 Å². The number of likely N-dealkylation sites (tertiary alicyclic amines) is 1. The molecule has 2 amide bonds. The van der Waals surface area contributed by atoms with Gasteiger partial charge >= 0.3 is 0 Å². The number of amides is 2. The molecule has 1 aliphatic heterocycles. The Balaban J connectivity index is 1.46. The fourth-order valence-electron chi connectivity index (χ4n) is 7.25. The van der Waals surface area contributed by atoms with Crippen molar-refractivity contribution < 1.29 is 14.7 Å². The number of fused-ring (bicyclic) bond motifs is 1. The van der Waals surface area contributed by atoms with Crippen LogP contribution in [0, 0.1) is 16.7 Å². The highest BCUT2D eigenvalue weighted by molar-refractivity contribution is 5.76. The zero-order chi connectivity index (χ0) is 25.3. The second-order valence-corrected chi connectivity index (χ2v) is 12.3. The highest BCUT2D eigenvalue weighted by atomic mass is 16.3. The molecule has 2 saturated carbocycles. The van der Waals surface area contributed by atoms with Crippen LogP contribution < -0.4 is 10.6 Å². The van der Waals surface area contributed by atoms with Gasteiger partial charge in [0.25, 0.3) is 0 Å². The van der Waals surface area contributed by atoms with E-state index in [2.05, 4.69) is 29.5 Å². The summed E-state index contributed by atoms with van der Waals surface area (Å²) in [5, 5.41) is 18.1. The molecule has 194 valence electrons. The first-order chi connectivity index (χ1) is 16.5. The van der Waals surface area contributed by atoms with Crippen molar-refractivity contribution in [2.75, 3.05) is 13.1 Å². The van der Waals surface area contributed by atoms with Crippen molar-refractivity contribution in [2.45, 2.75) is 103 Å². The van der Waals surface area contributed by atoms with Crippen LogP contribution in [0.25, 0.3) is 0 Å². The van der Waals surface area contributed by atoms with E-state index >= 15 is 0 Å². The van der Waals surface area contributed by atoms with Crippen LogP contribution in [-0.4, -0.2) is 57.6 Å². The van der Waals surface area contributed by atoms with E-state index in [0.717, 1.165) is 63.6 Å². The first-order valence-electron chi connectivity index (χ1n) is 13.4. The van der Waals surface area contributed by atoms with Crippen LogP contribution in [0.3, 0.4) is 0 Å². The normalized spacial score (nSPS) is 32.8. The Labute approximate surface area is 210 Å². The minimum absolute atomic E-state index is 0.00487. The van der Waals surface area contributed by atoms with Gasteiger partial charge in [-0.1, -0.05) is 19.9 Å². The molecule has 3 fully saturated rings. The van der Waals surface area contributed by atoms with Gasteiger partial charge in [0.1, 0.15) is 0 Å². The van der Waals surface area contributed by atoms with E-state index < -0.39 is 5.60 Å². The van der Waals surface area contributed by atoms with E-state index in [1.54, 1.807) is 19.3 Å². The smallest absolute Gasteiger partial charge is 0.220 e. The molecule has 4 rings (SSSR count). The lowest BCUT2D eigenvalue weighted by Crippen LogP contribution is -2.55. The lowest BCUT2D eigenvalue weighted by atomic mass is 9.57. The van der Waals surface area contributed by atoms with Gasteiger partial charge in [-0.25, -0.2) is 0 Å². The zero-order valence-corrected chi connectivity index (χ0v) is 22.0. The molecule has 3 aliphatic rings. The number of carbonyl (C=O) groups excluding carboxylic acids is 2. The fraction of sp³-hybridized carbons (Fsp3) is 0.750. The second-order valence-electron chi connectivity index (χ2n) is 12.3. The maximum absolute atomic E-state index is 12.9. The third-order valence-electron chi connectivity index (χ3n) is 9.24. The number of nitrogens with one attached hydrogen (secondary N) is 2. The van der Waals surface area contributed by atoms with Crippen LogP contribution in [0.15, 0.2) is 24.5 Å². The standard InChI is InChI=1S/C28H44N4O3/c1-20(33)32-14-8-22(9-15-32)31-24-17-26(2,3)23-16-27(4,35)11-12-28(23,24)10-7-25(34)30-19-21-6-5-13-29-18-21/h5-6,13,18,22-24,31,35H,7-12,14-17,19H2,1-4H3,(H,30,34)/t23-,24-,27-,28-/m0/s1. The fourth-order valence-corrected chi connectivity index (χ4v) is 7.25. The lowest BCUT2D eigenvalue weighted by Gasteiger charge is -2.51. The molecule has 4 atom stereocenters. The maximum atomic E-state index is 12.9. The lowest BCUT2D eigenvalue weighted by molar-refractivity contribution is -0.130. The first-order valence-corrected chi connectivity index (χ1v) is 13.4. The quantitative estimate of drug-likeness (QED) is 0.551. The van der Waals surface area contributed by atoms with Crippen molar-refractivity contribution in [3.8, 4) is 0 Å². The van der Waals surface area contributed by atoms with Gasteiger partial charge in [-0.15, -0.1) is 0 Å². The molecule has 7 nitrogen and oxygen atoms in total. The van der Waals surface area contributed by atoms with E-state index in [9.17, 15) is 14.7 Å². The molecule has 1 aromatic rings. The van der Waals surface area contributed by atoms with Crippen molar-refractivity contribution in [2.24, 2.45) is 16.7 Å². The number of hydrogen-bond donors (Lipinski definition) is 3. The van der Waals surface area contributed by atoms with Gasteiger partial charge in [-0.2, -0.15) is 0 Å². The summed E-state index contributed by atoms with van der Waals surface area (Å²) in [5.74, 6) is 0.603. The molecule has 3 N–H and O–H groups in total. The molecule has 35 heavy (non-hydrogen) atoms. The van der Waals surface area contributed by atoms with Gasteiger partial charge in [0.15, 0.2) is 0 Å². The van der Waals surface area contributed by atoms with Crippen LogP contribution in [0.2, 0.25) is 0 Å². The average Bonchev–Trinajstić information content (AvgIpc) is 3.02. The number of nitrogens with zero attached hydrogens (tertiary/aromatic N) is 2. The number of aliphatic hydroxyl groups is 1. The number of aromatic nitrogens is 1. The summed E-state index contributed by atoms with van der Waals surface area (Å²) in [4.78, 5) is 30.7. The highest BCUT2D eigenvalue weighted by Gasteiger charge is 2.61. The maximum Gasteiger partial charge on any atom is 0.220 e. The molecule has 0 aromatic carbocycles. The van der Waals surface area contributed by atoms with Crippen LogP contribution in [0.1, 0.15) is 84.6 Å². The highest BCUT2D eigenvalue weighted by Crippen LogP contribution is 2.64. The summed E-state index contributed by atoms with van der Waals surface area (Å²) in [6.45, 7) is 10.4. The van der Waals surface area contributed by atoms with Crippen molar-refractivity contribution in [3.63, 3.8) is 0 Å². The molecule has 2 heterocycles. The average molecular weight is 485 g/mol.